The number of amides is 1. The first-order chi connectivity index (χ1) is 15.5. The Labute approximate surface area is 185 Å². The Morgan fingerprint density at radius 2 is 1.84 bits per heavy atom. The van der Waals surface area contributed by atoms with E-state index in [1.165, 1.54) is 18.2 Å². The molecule has 0 spiro atoms. The zero-order valence-corrected chi connectivity index (χ0v) is 17.8. The van der Waals surface area contributed by atoms with E-state index in [2.05, 4.69) is 25.6 Å². The number of hydrogen-bond acceptors (Lipinski definition) is 5. The van der Waals surface area contributed by atoms with Crippen molar-refractivity contribution in [1.82, 2.24) is 15.0 Å². The Balaban J connectivity index is 1.49. The number of carbonyl (C=O) groups is 1. The summed E-state index contributed by atoms with van der Waals surface area (Å²) < 4.78 is 13.4. The predicted molar refractivity (Wildman–Crippen MR) is 123 cm³/mol. The van der Waals surface area contributed by atoms with Crippen LogP contribution in [0.2, 0.25) is 0 Å². The molecular formula is C25H22FN5O. The first-order valence-electron chi connectivity index (χ1n) is 10.1. The molecule has 2 aromatic carbocycles. The molecule has 0 fully saturated rings. The molecular weight excluding hydrogens is 405 g/mol. The minimum absolute atomic E-state index is 0.267. The molecule has 0 atom stereocenters. The summed E-state index contributed by atoms with van der Waals surface area (Å²) in [5.74, 6) is 0.542. The molecule has 4 rings (SSSR count). The van der Waals surface area contributed by atoms with Gasteiger partial charge >= 0.3 is 0 Å². The Morgan fingerprint density at radius 1 is 1.00 bits per heavy atom. The summed E-state index contributed by atoms with van der Waals surface area (Å²) in [6, 6.07) is 16.8. The average molecular weight is 427 g/mol. The van der Waals surface area contributed by atoms with Gasteiger partial charge in [-0.25, -0.2) is 14.4 Å². The third kappa shape index (κ3) is 4.95. The van der Waals surface area contributed by atoms with Gasteiger partial charge in [0.05, 0.1) is 0 Å². The topological polar surface area (TPSA) is 79.8 Å². The van der Waals surface area contributed by atoms with Gasteiger partial charge in [0.2, 0.25) is 0 Å². The zero-order valence-electron chi connectivity index (χ0n) is 17.8. The van der Waals surface area contributed by atoms with Crippen molar-refractivity contribution in [1.29, 1.82) is 0 Å². The second kappa shape index (κ2) is 9.34. The molecule has 160 valence electrons. The van der Waals surface area contributed by atoms with Crippen molar-refractivity contribution in [3.05, 3.63) is 101 Å². The second-order valence-corrected chi connectivity index (χ2v) is 7.37. The summed E-state index contributed by atoms with van der Waals surface area (Å²) in [5, 5.41) is 6.18. The molecule has 0 saturated heterocycles. The zero-order chi connectivity index (χ0) is 22.5. The summed E-state index contributed by atoms with van der Waals surface area (Å²) >= 11 is 0. The van der Waals surface area contributed by atoms with E-state index < -0.39 is 5.82 Å². The van der Waals surface area contributed by atoms with Crippen LogP contribution in [0, 0.1) is 19.7 Å². The van der Waals surface area contributed by atoms with E-state index in [4.69, 9.17) is 0 Å². The molecule has 0 aliphatic heterocycles. The number of benzene rings is 2. The van der Waals surface area contributed by atoms with Crippen LogP contribution in [0.5, 0.6) is 0 Å². The van der Waals surface area contributed by atoms with Crippen LogP contribution in [0.15, 0.2) is 73.1 Å². The highest BCUT2D eigenvalue weighted by Crippen LogP contribution is 2.22. The fourth-order valence-corrected chi connectivity index (χ4v) is 3.20. The smallest absolute Gasteiger partial charge is 0.255 e. The first-order valence-corrected chi connectivity index (χ1v) is 10.1. The standard InChI is InChI=1S/C25H22FN5O/c1-16-17(2)29-24(20-8-5-11-27-15-20)31-23(16)28-14-18-6-3-10-22(12-18)30-25(32)19-7-4-9-21(26)13-19/h3-13,15H,14H2,1-2H3,(H,30,32)(H,28,29,31). The van der Waals surface area contributed by atoms with Gasteiger partial charge in [0.15, 0.2) is 5.82 Å². The van der Waals surface area contributed by atoms with E-state index in [1.807, 2.05) is 44.2 Å². The van der Waals surface area contributed by atoms with E-state index in [0.717, 1.165) is 28.2 Å². The molecule has 0 saturated carbocycles. The molecule has 0 radical (unpaired) electrons. The molecule has 0 unspecified atom stereocenters. The van der Waals surface area contributed by atoms with Crippen LogP contribution >= 0.6 is 0 Å². The number of hydrogen-bond donors (Lipinski definition) is 2. The van der Waals surface area contributed by atoms with Crippen LogP contribution in [-0.4, -0.2) is 20.9 Å². The van der Waals surface area contributed by atoms with E-state index in [0.29, 0.717) is 18.1 Å². The summed E-state index contributed by atoms with van der Waals surface area (Å²) in [6.07, 6.45) is 3.45. The van der Waals surface area contributed by atoms with Crippen LogP contribution < -0.4 is 10.6 Å². The van der Waals surface area contributed by atoms with Crippen LogP contribution in [0.1, 0.15) is 27.2 Å². The lowest BCUT2D eigenvalue weighted by atomic mass is 10.1. The summed E-state index contributed by atoms with van der Waals surface area (Å²) in [5.41, 5.74) is 4.56. The molecule has 4 aromatic rings. The highest BCUT2D eigenvalue weighted by Gasteiger charge is 2.11. The Kier molecular flexibility index (Phi) is 6.17. The van der Waals surface area contributed by atoms with Gasteiger partial charge in [-0.1, -0.05) is 18.2 Å². The highest BCUT2D eigenvalue weighted by molar-refractivity contribution is 6.04. The lowest BCUT2D eigenvalue weighted by molar-refractivity contribution is 0.102. The van der Waals surface area contributed by atoms with Crippen molar-refractivity contribution >= 4 is 17.4 Å². The molecule has 32 heavy (non-hydrogen) atoms. The molecule has 0 aliphatic carbocycles. The minimum atomic E-state index is -0.447. The molecule has 2 heterocycles. The molecule has 2 aromatic heterocycles. The number of anilines is 2. The number of halogens is 1. The third-order valence-corrected chi connectivity index (χ3v) is 5.04. The van der Waals surface area contributed by atoms with Crippen molar-refractivity contribution in [2.45, 2.75) is 20.4 Å². The van der Waals surface area contributed by atoms with Crippen molar-refractivity contribution in [3.63, 3.8) is 0 Å². The molecule has 6 nitrogen and oxygen atoms in total. The number of nitrogens with zero attached hydrogens (tertiary/aromatic N) is 3. The maximum atomic E-state index is 13.4. The van der Waals surface area contributed by atoms with E-state index in [9.17, 15) is 9.18 Å². The number of pyridine rings is 1. The van der Waals surface area contributed by atoms with Crippen LogP contribution in [-0.2, 0) is 6.54 Å². The van der Waals surface area contributed by atoms with Crippen LogP contribution in [0.4, 0.5) is 15.9 Å². The van der Waals surface area contributed by atoms with Gasteiger partial charge in [-0.2, -0.15) is 0 Å². The van der Waals surface area contributed by atoms with Gasteiger partial charge in [-0.05, 0) is 61.9 Å². The van der Waals surface area contributed by atoms with E-state index in [1.54, 1.807) is 24.5 Å². The Morgan fingerprint density at radius 3 is 2.62 bits per heavy atom. The maximum absolute atomic E-state index is 13.4. The fraction of sp³-hybridized carbons (Fsp3) is 0.120. The van der Waals surface area contributed by atoms with Crippen molar-refractivity contribution in [3.8, 4) is 11.4 Å². The minimum Gasteiger partial charge on any atom is -0.366 e. The fourth-order valence-electron chi connectivity index (χ4n) is 3.20. The van der Waals surface area contributed by atoms with Crippen molar-refractivity contribution in [2.24, 2.45) is 0 Å². The Bertz CT molecular complexity index is 1260. The van der Waals surface area contributed by atoms with Crippen molar-refractivity contribution < 1.29 is 9.18 Å². The number of aromatic nitrogens is 3. The molecule has 7 heteroatoms. The second-order valence-electron chi connectivity index (χ2n) is 7.37. The van der Waals surface area contributed by atoms with Crippen molar-refractivity contribution in [2.75, 3.05) is 10.6 Å². The third-order valence-electron chi connectivity index (χ3n) is 5.04. The van der Waals surface area contributed by atoms with Gasteiger partial charge in [-0.15, -0.1) is 0 Å². The lowest BCUT2D eigenvalue weighted by Gasteiger charge is -2.13. The molecule has 1 amide bonds. The van der Waals surface area contributed by atoms with Crippen LogP contribution in [0.3, 0.4) is 0 Å². The monoisotopic (exact) mass is 427 g/mol. The maximum Gasteiger partial charge on any atom is 0.255 e. The van der Waals surface area contributed by atoms with Gasteiger partial charge in [-0.3, -0.25) is 9.78 Å². The van der Waals surface area contributed by atoms with Gasteiger partial charge in [0.25, 0.3) is 5.91 Å². The Hall–Kier alpha value is -4.13. The SMILES string of the molecule is Cc1nc(-c2cccnc2)nc(NCc2cccc(NC(=O)c3cccc(F)c3)c2)c1C. The van der Waals surface area contributed by atoms with Gasteiger partial charge in [0, 0.05) is 47.0 Å². The average Bonchev–Trinajstić information content (AvgIpc) is 2.81. The molecule has 0 bridgehead atoms. The normalized spacial score (nSPS) is 10.6. The first kappa shape index (κ1) is 21.1. The predicted octanol–water partition coefficient (Wildman–Crippen LogP) is 5.16. The number of nitrogens with one attached hydrogen (secondary N) is 2. The number of aryl methyl sites for hydroxylation is 1. The van der Waals surface area contributed by atoms with Gasteiger partial charge < -0.3 is 10.6 Å². The number of rotatable bonds is 6. The van der Waals surface area contributed by atoms with E-state index >= 15 is 0 Å². The van der Waals surface area contributed by atoms with Gasteiger partial charge in [0.1, 0.15) is 11.6 Å². The van der Waals surface area contributed by atoms with Crippen LogP contribution in [0.25, 0.3) is 11.4 Å². The molecule has 0 aliphatic rings. The quantitative estimate of drug-likeness (QED) is 0.444. The summed E-state index contributed by atoms with van der Waals surface area (Å²) in [4.78, 5) is 25.8. The summed E-state index contributed by atoms with van der Waals surface area (Å²) in [7, 11) is 0. The number of carbonyl (C=O) groups excluding carboxylic acids is 1. The van der Waals surface area contributed by atoms with E-state index in [-0.39, 0.29) is 11.5 Å². The lowest BCUT2D eigenvalue weighted by Crippen LogP contribution is -2.12. The largest absolute Gasteiger partial charge is 0.366 e. The summed E-state index contributed by atoms with van der Waals surface area (Å²) in [6.45, 7) is 4.43. The highest BCUT2D eigenvalue weighted by atomic mass is 19.1. The molecule has 2 N–H and O–H groups in total.